The van der Waals surface area contributed by atoms with Gasteiger partial charge in [0.2, 0.25) is 6.79 Å². The van der Waals surface area contributed by atoms with Crippen molar-refractivity contribution in [3.8, 4) is 11.5 Å². The van der Waals surface area contributed by atoms with Crippen molar-refractivity contribution in [2.24, 2.45) is 0 Å². The molecule has 3 aromatic rings. The van der Waals surface area contributed by atoms with Crippen molar-refractivity contribution in [2.75, 3.05) is 12.1 Å². The summed E-state index contributed by atoms with van der Waals surface area (Å²) in [7, 11) is 0. The van der Waals surface area contributed by atoms with Gasteiger partial charge in [-0.1, -0.05) is 43.0 Å². The van der Waals surface area contributed by atoms with E-state index in [0.717, 1.165) is 17.5 Å². The Kier molecular flexibility index (Phi) is 6.24. The molecule has 1 saturated heterocycles. The SMILES string of the molecule is CC[C@@H](C)Nc1nc2c(C)cccn2c(=O)c1/C=C1\SC(=S)N(Cc2ccc3c(c2)OCO3)C1=O. The number of thiocarbonyl (C=S) groups is 1. The Bertz CT molecular complexity index is 1450. The first-order chi connectivity index (χ1) is 16.9. The summed E-state index contributed by atoms with van der Waals surface area (Å²) < 4.78 is 12.7. The fourth-order valence-corrected chi connectivity index (χ4v) is 5.11. The van der Waals surface area contributed by atoms with Crippen LogP contribution in [-0.2, 0) is 11.3 Å². The molecule has 10 heteroatoms. The summed E-state index contributed by atoms with van der Waals surface area (Å²) in [4.78, 5) is 33.5. The van der Waals surface area contributed by atoms with E-state index in [1.807, 2.05) is 44.2 Å². The molecule has 2 aromatic heterocycles. The molecular formula is C25H24N4O4S2. The van der Waals surface area contributed by atoms with Crippen molar-refractivity contribution in [1.29, 1.82) is 0 Å². The molecule has 1 aromatic carbocycles. The second-order valence-electron chi connectivity index (χ2n) is 8.47. The summed E-state index contributed by atoms with van der Waals surface area (Å²) in [6.07, 6.45) is 4.15. The number of rotatable bonds is 6. The average molecular weight is 509 g/mol. The van der Waals surface area contributed by atoms with Gasteiger partial charge in [-0.3, -0.25) is 18.9 Å². The van der Waals surface area contributed by atoms with Gasteiger partial charge in [0.05, 0.1) is 17.0 Å². The number of thioether (sulfide) groups is 1. The van der Waals surface area contributed by atoms with Gasteiger partial charge in [0.1, 0.15) is 15.8 Å². The van der Waals surface area contributed by atoms with Crippen molar-refractivity contribution < 1.29 is 14.3 Å². The average Bonchev–Trinajstić information content (AvgIpc) is 3.41. The third-order valence-corrected chi connectivity index (χ3v) is 7.38. The number of nitrogens with one attached hydrogen (secondary N) is 1. The number of hydrogen-bond donors (Lipinski definition) is 1. The molecule has 1 amide bonds. The van der Waals surface area contributed by atoms with E-state index in [-0.39, 0.29) is 24.3 Å². The zero-order valence-electron chi connectivity index (χ0n) is 19.5. The fraction of sp³-hybridized carbons (Fsp3) is 0.280. The molecule has 4 heterocycles. The number of benzene rings is 1. The molecule has 8 nitrogen and oxygen atoms in total. The second kappa shape index (κ2) is 9.35. The number of aryl methyl sites for hydroxylation is 1. The van der Waals surface area contributed by atoms with E-state index in [2.05, 4.69) is 12.2 Å². The molecule has 2 aliphatic heterocycles. The number of ether oxygens (including phenoxy) is 2. The predicted octanol–water partition coefficient (Wildman–Crippen LogP) is 4.34. The Hall–Kier alpha value is -3.37. The van der Waals surface area contributed by atoms with Gasteiger partial charge in [0.15, 0.2) is 11.5 Å². The lowest BCUT2D eigenvalue weighted by molar-refractivity contribution is -0.122. The summed E-state index contributed by atoms with van der Waals surface area (Å²) in [5.74, 6) is 1.54. The van der Waals surface area contributed by atoms with Gasteiger partial charge >= 0.3 is 0 Å². The van der Waals surface area contributed by atoms with Gasteiger partial charge < -0.3 is 14.8 Å². The van der Waals surface area contributed by atoms with E-state index in [1.54, 1.807) is 12.3 Å². The lowest BCUT2D eigenvalue weighted by Gasteiger charge is -2.16. The first-order valence-electron chi connectivity index (χ1n) is 11.3. The summed E-state index contributed by atoms with van der Waals surface area (Å²) in [5, 5.41) is 3.33. The van der Waals surface area contributed by atoms with E-state index in [1.165, 1.54) is 21.1 Å². The third-order valence-electron chi connectivity index (χ3n) is 6.01. The van der Waals surface area contributed by atoms with Crippen molar-refractivity contribution in [3.63, 3.8) is 0 Å². The number of carbonyl (C=O) groups is 1. The number of amides is 1. The maximum absolute atomic E-state index is 13.5. The summed E-state index contributed by atoms with van der Waals surface area (Å²) in [6.45, 7) is 6.47. The first kappa shape index (κ1) is 23.4. The number of aromatic nitrogens is 2. The molecule has 35 heavy (non-hydrogen) atoms. The number of fused-ring (bicyclic) bond motifs is 2. The predicted molar refractivity (Wildman–Crippen MR) is 141 cm³/mol. The minimum atomic E-state index is -0.249. The highest BCUT2D eigenvalue weighted by atomic mass is 32.2. The highest BCUT2D eigenvalue weighted by molar-refractivity contribution is 8.26. The van der Waals surface area contributed by atoms with Gasteiger partial charge in [-0.15, -0.1) is 0 Å². The Morgan fingerprint density at radius 2 is 2.06 bits per heavy atom. The maximum atomic E-state index is 13.5. The Balaban J connectivity index is 1.51. The lowest BCUT2D eigenvalue weighted by Crippen LogP contribution is -2.27. The maximum Gasteiger partial charge on any atom is 0.267 e. The monoisotopic (exact) mass is 508 g/mol. The molecule has 2 aliphatic rings. The van der Waals surface area contributed by atoms with Crippen LogP contribution in [0.2, 0.25) is 0 Å². The largest absolute Gasteiger partial charge is 0.454 e. The zero-order chi connectivity index (χ0) is 24.7. The van der Waals surface area contributed by atoms with Crippen LogP contribution in [0, 0.1) is 6.92 Å². The topological polar surface area (TPSA) is 85.2 Å². The van der Waals surface area contributed by atoms with Crippen LogP contribution in [0.5, 0.6) is 11.5 Å². The number of nitrogens with zero attached hydrogens (tertiary/aromatic N) is 3. The molecule has 0 radical (unpaired) electrons. The lowest BCUT2D eigenvalue weighted by atomic mass is 10.2. The Morgan fingerprint density at radius 1 is 1.26 bits per heavy atom. The number of carbonyl (C=O) groups excluding carboxylic acids is 1. The van der Waals surface area contributed by atoms with Gasteiger partial charge in [0, 0.05) is 12.2 Å². The minimum Gasteiger partial charge on any atom is -0.454 e. The number of pyridine rings is 1. The van der Waals surface area contributed by atoms with Crippen LogP contribution < -0.4 is 20.3 Å². The number of hydrogen-bond acceptors (Lipinski definition) is 8. The van der Waals surface area contributed by atoms with E-state index < -0.39 is 0 Å². The molecule has 180 valence electrons. The normalized spacial score (nSPS) is 17.0. The van der Waals surface area contributed by atoms with Crippen molar-refractivity contribution >= 4 is 51.7 Å². The Labute approximate surface area is 211 Å². The molecule has 5 rings (SSSR count). The van der Waals surface area contributed by atoms with Crippen LogP contribution >= 0.6 is 24.0 Å². The van der Waals surface area contributed by atoms with Crippen LogP contribution in [0.3, 0.4) is 0 Å². The van der Waals surface area contributed by atoms with Gasteiger partial charge in [0.25, 0.3) is 11.5 Å². The van der Waals surface area contributed by atoms with Crippen LogP contribution in [0.4, 0.5) is 5.82 Å². The van der Waals surface area contributed by atoms with Gasteiger partial charge in [-0.05, 0) is 55.7 Å². The zero-order valence-corrected chi connectivity index (χ0v) is 21.2. The van der Waals surface area contributed by atoms with Crippen LogP contribution in [-0.4, -0.2) is 37.3 Å². The standard InChI is InChI=1S/C25H24N4O4S2/c1-4-15(3)26-21-17(23(30)28-9-5-6-14(2)22(28)27-21)11-20-24(31)29(25(34)35-20)12-16-7-8-18-19(10-16)33-13-32-18/h5-11,15,26H,4,12-13H2,1-3H3/b20-11-/t15-/m1/s1. The molecule has 0 bridgehead atoms. The first-order valence-corrected chi connectivity index (χ1v) is 12.5. The van der Waals surface area contributed by atoms with E-state index in [4.69, 9.17) is 26.7 Å². The van der Waals surface area contributed by atoms with Gasteiger partial charge in [-0.2, -0.15) is 0 Å². The summed E-state index contributed by atoms with van der Waals surface area (Å²) in [6, 6.07) is 9.37. The van der Waals surface area contributed by atoms with Crippen LogP contribution in [0.15, 0.2) is 46.2 Å². The quantitative estimate of drug-likeness (QED) is 0.389. The molecular weight excluding hydrogens is 484 g/mol. The van der Waals surface area contributed by atoms with E-state index in [0.29, 0.717) is 44.3 Å². The van der Waals surface area contributed by atoms with Gasteiger partial charge in [-0.25, -0.2) is 4.98 Å². The minimum absolute atomic E-state index is 0.0982. The van der Waals surface area contributed by atoms with E-state index >= 15 is 0 Å². The molecule has 0 saturated carbocycles. The van der Waals surface area contributed by atoms with Crippen LogP contribution in [0.25, 0.3) is 11.7 Å². The molecule has 1 fully saturated rings. The molecule has 1 N–H and O–H groups in total. The molecule has 1 atom stereocenters. The van der Waals surface area contributed by atoms with Crippen molar-refractivity contribution in [1.82, 2.24) is 14.3 Å². The van der Waals surface area contributed by atoms with Crippen molar-refractivity contribution in [3.05, 3.63) is 68.5 Å². The molecule has 0 spiro atoms. The number of anilines is 1. The highest BCUT2D eigenvalue weighted by Crippen LogP contribution is 2.36. The smallest absolute Gasteiger partial charge is 0.267 e. The summed E-state index contributed by atoms with van der Waals surface area (Å²) in [5.41, 5.74) is 2.42. The molecule has 0 aliphatic carbocycles. The Morgan fingerprint density at radius 3 is 2.86 bits per heavy atom. The summed E-state index contributed by atoms with van der Waals surface area (Å²) >= 11 is 6.70. The van der Waals surface area contributed by atoms with E-state index in [9.17, 15) is 9.59 Å². The van der Waals surface area contributed by atoms with Crippen molar-refractivity contribution in [2.45, 2.75) is 39.8 Å². The fourth-order valence-electron chi connectivity index (χ4n) is 3.88. The van der Waals surface area contributed by atoms with Crippen LogP contribution in [0.1, 0.15) is 37.0 Å². The molecule has 0 unspecified atom stereocenters. The highest BCUT2D eigenvalue weighted by Gasteiger charge is 2.33. The second-order valence-corrected chi connectivity index (χ2v) is 10.1. The third kappa shape index (κ3) is 4.39.